The maximum Gasteiger partial charge on any atom is 0.406 e. The molecular formula is C23H22F3N3O4S. The van der Waals surface area contributed by atoms with Gasteiger partial charge in [0.15, 0.2) is 5.16 Å². The minimum Gasteiger partial charge on any atom is -0.469 e. The lowest BCUT2D eigenvalue weighted by molar-refractivity contribution is -0.160. The van der Waals surface area contributed by atoms with Crippen LogP contribution < -0.4 is 5.56 Å². The highest BCUT2D eigenvalue weighted by Gasteiger charge is 2.33. The molecule has 0 bridgehead atoms. The van der Waals surface area contributed by atoms with Gasteiger partial charge in [0.1, 0.15) is 6.54 Å². The van der Waals surface area contributed by atoms with Crippen molar-refractivity contribution in [3.05, 3.63) is 70.5 Å². The zero-order valence-electron chi connectivity index (χ0n) is 18.2. The monoisotopic (exact) mass is 493 g/mol. The van der Waals surface area contributed by atoms with E-state index >= 15 is 0 Å². The smallest absolute Gasteiger partial charge is 0.406 e. The lowest BCUT2D eigenvalue weighted by Crippen LogP contribution is -2.39. The number of amides is 1. The topological polar surface area (TPSA) is 81.5 Å². The Bertz CT molecular complexity index is 1220. The molecule has 0 saturated heterocycles. The number of fused-ring (bicyclic) bond motifs is 1. The molecule has 0 spiro atoms. The first-order valence-electron chi connectivity index (χ1n) is 10.3. The number of nitrogens with zero attached hydrogens (tertiary/aromatic N) is 3. The fourth-order valence-corrected chi connectivity index (χ4v) is 4.16. The van der Waals surface area contributed by atoms with Gasteiger partial charge in [-0.25, -0.2) is 4.98 Å². The van der Waals surface area contributed by atoms with E-state index in [1.807, 2.05) is 0 Å². The molecule has 1 aromatic heterocycles. The second kappa shape index (κ2) is 11.2. The van der Waals surface area contributed by atoms with Gasteiger partial charge in [0, 0.05) is 13.1 Å². The normalized spacial score (nSPS) is 11.4. The Labute approximate surface area is 197 Å². The van der Waals surface area contributed by atoms with Gasteiger partial charge < -0.3 is 9.64 Å². The molecule has 7 nitrogen and oxygen atoms in total. The molecule has 3 rings (SSSR count). The fraction of sp³-hybridized carbons (Fsp3) is 0.304. The number of esters is 1. The maximum absolute atomic E-state index is 13.1. The molecule has 0 aliphatic rings. The molecule has 0 unspecified atom stereocenters. The molecule has 0 aliphatic carbocycles. The van der Waals surface area contributed by atoms with E-state index in [9.17, 15) is 27.6 Å². The number of carbonyl (C=O) groups excluding carboxylic acids is 2. The van der Waals surface area contributed by atoms with Gasteiger partial charge in [-0.15, -0.1) is 0 Å². The summed E-state index contributed by atoms with van der Waals surface area (Å²) in [5, 5.41) is 0.457. The molecule has 2 aromatic carbocycles. The minimum atomic E-state index is -4.57. The van der Waals surface area contributed by atoms with E-state index in [2.05, 4.69) is 9.72 Å². The van der Waals surface area contributed by atoms with Gasteiger partial charge in [-0.2, -0.15) is 13.2 Å². The number of thioether (sulfide) groups is 1. The maximum atomic E-state index is 13.1. The standard InChI is InChI=1S/C23H22F3N3O4S/c1-33-20(31)11-12-29-21(32)17-9-5-6-10-18(17)27-22(29)34-14-19(30)28(15-23(24,25)26)13-16-7-3-2-4-8-16/h2-10H,11-15H2,1H3. The molecule has 34 heavy (non-hydrogen) atoms. The number of ether oxygens (including phenoxy) is 1. The van der Waals surface area contributed by atoms with E-state index in [-0.39, 0.29) is 30.4 Å². The average molecular weight is 494 g/mol. The number of para-hydroxylation sites is 1. The van der Waals surface area contributed by atoms with E-state index in [1.165, 1.54) is 11.7 Å². The summed E-state index contributed by atoms with van der Waals surface area (Å²) in [6.45, 7) is -1.65. The zero-order chi connectivity index (χ0) is 24.7. The van der Waals surface area contributed by atoms with Gasteiger partial charge in [0.25, 0.3) is 5.56 Å². The summed E-state index contributed by atoms with van der Waals surface area (Å²) in [5.41, 5.74) is 0.526. The number of hydrogen-bond donors (Lipinski definition) is 0. The Balaban J connectivity index is 1.85. The predicted octanol–water partition coefficient (Wildman–Crippen LogP) is 3.64. The van der Waals surface area contributed by atoms with Crippen molar-refractivity contribution in [3.63, 3.8) is 0 Å². The SMILES string of the molecule is COC(=O)CCn1c(SCC(=O)N(Cc2ccccc2)CC(F)(F)F)nc2ccccc2c1=O. The number of methoxy groups -OCH3 is 1. The van der Waals surface area contributed by atoms with Crippen LogP contribution in [-0.4, -0.2) is 51.9 Å². The third kappa shape index (κ3) is 6.83. The number of halogens is 3. The van der Waals surface area contributed by atoms with Crippen LogP contribution in [0.4, 0.5) is 13.2 Å². The molecule has 0 saturated carbocycles. The van der Waals surface area contributed by atoms with Gasteiger partial charge in [-0.05, 0) is 17.7 Å². The van der Waals surface area contributed by atoms with Gasteiger partial charge in [-0.3, -0.25) is 19.0 Å². The molecule has 0 radical (unpaired) electrons. The second-order valence-corrected chi connectivity index (χ2v) is 8.28. The highest BCUT2D eigenvalue weighted by atomic mass is 32.2. The van der Waals surface area contributed by atoms with Crippen LogP contribution in [0.5, 0.6) is 0 Å². The lowest BCUT2D eigenvalue weighted by Gasteiger charge is -2.24. The summed E-state index contributed by atoms with van der Waals surface area (Å²) in [7, 11) is 1.22. The van der Waals surface area contributed by atoms with Crippen molar-refractivity contribution in [2.45, 2.75) is 30.8 Å². The quantitative estimate of drug-likeness (QED) is 0.257. The first-order chi connectivity index (χ1) is 16.2. The number of carbonyl (C=O) groups is 2. The van der Waals surface area contributed by atoms with E-state index in [1.54, 1.807) is 54.6 Å². The summed E-state index contributed by atoms with van der Waals surface area (Å²) < 4.78 is 45.3. The van der Waals surface area contributed by atoms with Gasteiger partial charge in [0.05, 0.1) is 30.2 Å². The van der Waals surface area contributed by atoms with Crippen LogP contribution in [-0.2, 0) is 27.4 Å². The number of benzene rings is 2. The van der Waals surface area contributed by atoms with E-state index in [4.69, 9.17) is 0 Å². The van der Waals surface area contributed by atoms with Crippen LogP contribution in [0.15, 0.2) is 64.5 Å². The highest BCUT2D eigenvalue weighted by Crippen LogP contribution is 2.22. The van der Waals surface area contributed by atoms with Crippen molar-refractivity contribution >= 4 is 34.5 Å². The van der Waals surface area contributed by atoms with Crippen LogP contribution >= 0.6 is 11.8 Å². The average Bonchev–Trinajstić information content (AvgIpc) is 2.81. The molecule has 180 valence electrons. The lowest BCUT2D eigenvalue weighted by atomic mass is 10.2. The summed E-state index contributed by atoms with van der Waals surface area (Å²) in [6.07, 6.45) is -4.68. The Morgan fingerprint density at radius 2 is 1.76 bits per heavy atom. The van der Waals surface area contributed by atoms with Crippen LogP contribution in [0.2, 0.25) is 0 Å². The third-order valence-electron chi connectivity index (χ3n) is 4.86. The van der Waals surface area contributed by atoms with Gasteiger partial charge in [0.2, 0.25) is 5.91 Å². The minimum absolute atomic E-state index is 0.0455. The summed E-state index contributed by atoms with van der Waals surface area (Å²) in [5.74, 6) is -1.66. The van der Waals surface area contributed by atoms with E-state index in [0.717, 1.165) is 16.7 Å². The molecule has 0 atom stereocenters. The van der Waals surface area contributed by atoms with Crippen molar-refractivity contribution in [2.75, 3.05) is 19.4 Å². The molecule has 1 amide bonds. The Kier molecular flexibility index (Phi) is 8.32. The fourth-order valence-electron chi connectivity index (χ4n) is 3.23. The second-order valence-electron chi connectivity index (χ2n) is 7.33. The van der Waals surface area contributed by atoms with Gasteiger partial charge in [-0.1, -0.05) is 54.2 Å². The molecule has 1 heterocycles. The van der Waals surface area contributed by atoms with Crippen molar-refractivity contribution in [2.24, 2.45) is 0 Å². The largest absolute Gasteiger partial charge is 0.469 e. The predicted molar refractivity (Wildman–Crippen MR) is 121 cm³/mol. The van der Waals surface area contributed by atoms with Crippen molar-refractivity contribution in [3.8, 4) is 0 Å². The molecule has 11 heteroatoms. The molecule has 0 N–H and O–H groups in total. The highest BCUT2D eigenvalue weighted by molar-refractivity contribution is 7.99. The van der Waals surface area contributed by atoms with Crippen LogP contribution in [0.3, 0.4) is 0 Å². The summed E-state index contributed by atoms with van der Waals surface area (Å²) in [6, 6.07) is 14.9. The summed E-state index contributed by atoms with van der Waals surface area (Å²) in [4.78, 5) is 42.5. The van der Waals surface area contributed by atoms with E-state index < -0.39 is 30.2 Å². The number of rotatable bonds is 9. The van der Waals surface area contributed by atoms with Crippen molar-refractivity contribution in [1.82, 2.24) is 14.5 Å². The van der Waals surface area contributed by atoms with Crippen LogP contribution in [0, 0.1) is 0 Å². The van der Waals surface area contributed by atoms with Gasteiger partial charge >= 0.3 is 12.1 Å². The third-order valence-corrected chi connectivity index (χ3v) is 5.82. The first-order valence-corrected chi connectivity index (χ1v) is 11.2. The molecule has 0 aliphatic heterocycles. The van der Waals surface area contributed by atoms with Crippen LogP contribution in [0.1, 0.15) is 12.0 Å². The van der Waals surface area contributed by atoms with Crippen molar-refractivity contribution in [1.29, 1.82) is 0 Å². The zero-order valence-corrected chi connectivity index (χ0v) is 19.1. The Morgan fingerprint density at radius 3 is 2.44 bits per heavy atom. The Morgan fingerprint density at radius 1 is 1.09 bits per heavy atom. The van der Waals surface area contributed by atoms with E-state index in [0.29, 0.717) is 16.5 Å². The van der Waals surface area contributed by atoms with Crippen molar-refractivity contribution < 1.29 is 27.5 Å². The Hall–Kier alpha value is -3.34. The molecule has 3 aromatic rings. The van der Waals surface area contributed by atoms with Crippen LogP contribution in [0.25, 0.3) is 10.9 Å². The molecule has 0 fully saturated rings. The summed E-state index contributed by atoms with van der Waals surface area (Å²) >= 11 is 0.849. The first kappa shape index (κ1) is 25.3. The number of alkyl halides is 3. The number of aromatic nitrogens is 2. The molecular weight excluding hydrogens is 471 g/mol. The number of hydrogen-bond acceptors (Lipinski definition) is 6.